The number of carbonyl (C=O) groups is 1. The zero-order valence-corrected chi connectivity index (χ0v) is 16.3. The van der Waals surface area contributed by atoms with Crippen molar-refractivity contribution in [1.29, 1.82) is 0 Å². The number of pyridine rings is 2. The van der Waals surface area contributed by atoms with E-state index in [4.69, 9.17) is 4.98 Å². The van der Waals surface area contributed by atoms with Crippen LogP contribution in [-0.4, -0.2) is 47.5 Å². The first-order valence-electron chi connectivity index (χ1n) is 9.22. The largest absolute Gasteiger partial charge is 0.350 e. The Hall–Kier alpha value is -2.79. The first kappa shape index (κ1) is 19.0. The molecule has 3 aromatic rings. The van der Waals surface area contributed by atoms with Gasteiger partial charge in [-0.15, -0.1) is 0 Å². The van der Waals surface area contributed by atoms with Crippen molar-refractivity contribution in [2.75, 3.05) is 20.6 Å². The molecule has 1 amide bonds. The Balaban J connectivity index is 1.96. The predicted octanol–water partition coefficient (Wildman–Crippen LogP) is 3.61. The van der Waals surface area contributed by atoms with Gasteiger partial charge in [0, 0.05) is 35.9 Å². The molecule has 0 aliphatic heterocycles. The average molecular weight is 362 g/mol. The van der Waals surface area contributed by atoms with Crippen molar-refractivity contribution >= 4 is 16.8 Å². The molecule has 0 fully saturated rings. The Labute approximate surface area is 160 Å². The van der Waals surface area contributed by atoms with Crippen LogP contribution in [0.3, 0.4) is 0 Å². The molecule has 1 atom stereocenters. The molecule has 0 saturated heterocycles. The molecule has 0 radical (unpaired) electrons. The van der Waals surface area contributed by atoms with Crippen LogP contribution >= 0.6 is 0 Å². The van der Waals surface area contributed by atoms with Crippen molar-refractivity contribution in [2.24, 2.45) is 5.92 Å². The molecule has 27 heavy (non-hydrogen) atoms. The predicted molar refractivity (Wildman–Crippen MR) is 110 cm³/mol. The minimum atomic E-state index is -0.0728. The van der Waals surface area contributed by atoms with E-state index in [1.54, 1.807) is 12.4 Å². The van der Waals surface area contributed by atoms with Crippen molar-refractivity contribution in [1.82, 2.24) is 20.2 Å². The van der Waals surface area contributed by atoms with Crippen molar-refractivity contribution in [3.8, 4) is 11.3 Å². The van der Waals surface area contributed by atoms with Gasteiger partial charge in [0.1, 0.15) is 0 Å². The topological polar surface area (TPSA) is 58.1 Å². The minimum absolute atomic E-state index is 0.0728. The summed E-state index contributed by atoms with van der Waals surface area (Å²) in [6.45, 7) is 4.94. The number of nitrogens with one attached hydrogen (secondary N) is 1. The average Bonchev–Trinajstić information content (AvgIpc) is 2.67. The summed E-state index contributed by atoms with van der Waals surface area (Å²) in [5.41, 5.74) is 3.17. The Morgan fingerprint density at radius 3 is 2.48 bits per heavy atom. The number of nitrogens with zero attached hydrogens (tertiary/aromatic N) is 3. The van der Waals surface area contributed by atoms with Crippen molar-refractivity contribution in [3.05, 3.63) is 60.4 Å². The number of benzene rings is 1. The third-order valence-corrected chi connectivity index (χ3v) is 4.84. The molecule has 5 heteroatoms. The number of carbonyl (C=O) groups excluding carboxylic acids is 1. The zero-order valence-electron chi connectivity index (χ0n) is 16.3. The second-order valence-electron chi connectivity index (χ2n) is 7.29. The number of hydrogen-bond acceptors (Lipinski definition) is 4. The third-order valence-electron chi connectivity index (χ3n) is 4.84. The molecule has 1 N–H and O–H groups in total. The fourth-order valence-electron chi connectivity index (χ4n) is 3.34. The summed E-state index contributed by atoms with van der Waals surface area (Å²) < 4.78 is 0. The van der Waals surface area contributed by atoms with Crippen LogP contribution in [0.1, 0.15) is 24.2 Å². The fourth-order valence-corrected chi connectivity index (χ4v) is 3.34. The molecule has 0 aliphatic rings. The van der Waals surface area contributed by atoms with Crippen LogP contribution in [0.2, 0.25) is 0 Å². The molecule has 0 aliphatic carbocycles. The standard InChI is InChI=1S/C22H26N4O/c1-15(2)21(26(3)4)14-24-22(27)18-13-20(16-9-11-23-12-10-16)25-19-8-6-5-7-17(18)19/h5-13,15,21H,14H2,1-4H3,(H,24,27)/t21-/m0/s1. The van der Waals surface area contributed by atoms with E-state index in [2.05, 4.69) is 29.0 Å². The van der Waals surface area contributed by atoms with Gasteiger partial charge in [0.25, 0.3) is 5.91 Å². The molecule has 1 aromatic carbocycles. The number of aromatic nitrogens is 2. The van der Waals surface area contributed by atoms with E-state index in [9.17, 15) is 4.79 Å². The molecule has 2 heterocycles. The van der Waals surface area contributed by atoms with Gasteiger partial charge in [-0.3, -0.25) is 9.78 Å². The Morgan fingerprint density at radius 2 is 1.81 bits per heavy atom. The highest BCUT2D eigenvalue weighted by Gasteiger charge is 2.19. The Kier molecular flexibility index (Phi) is 5.81. The summed E-state index contributed by atoms with van der Waals surface area (Å²) in [5.74, 6) is 0.373. The molecule has 0 saturated carbocycles. The van der Waals surface area contributed by atoms with Gasteiger partial charge in [0.15, 0.2) is 0 Å². The molecular weight excluding hydrogens is 336 g/mol. The first-order chi connectivity index (χ1) is 13.0. The Bertz CT molecular complexity index is 914. The molecule has 0 spiro atoms. The summed E-state index contributed by atoms with van der Waals surface area (Å²) >= 11 is 0. The van der Waals surface area contributed by atoms with Crippen LogP contribution < -0.4 is 5.32 Å². The highest BCUT2D eigenvalue weighted by atomic mass is 16.1. The van der Waals surface area contributed by atoms with E-state index in [0.717, 1.165) is 22.2 Å². The number of para-hydroxylation sites is 1. The molecule has 3 rings (SSSR count). The third kappa shape index (κ3) is 4.31. The summed E-state index contributed by atoms with van der Waals surface area (Å²) in [5, 5.41) is 3.97. The number of hydrogen-bond donors (Lipinski definition) is 1. The lowest BCUT2D eigenvalue weighted by Gasteiger charge is -2.28. The van der Waals surface area contributed by atoms with Crippen LogP contribution in [0, 0.1) is 5.92 Å². The van der Waals surface area contributed by atoms with E-state index in [1.165, 1.54) is 0 Å². The first-order valence-corrected chi connectivity index (χ1v) is 9.22. The quantitative estimate of drug-likeness (QED) is 0.728. The van der Waals surface area contributed by atoms with Gasteiger partial charge in [-0.25, -0.2) is 4.98 Å². The van der Waals surface area contributed by atoms with Crippen molar-refractivity contribution in [3.63, 3.8) is 0 Å². The fraction of sp³-hybridized carbons (Fsp3) is 0.318. The summed E-state index contributed by atoms with van der Waals surface area (Å²) in [6, 6.07) is 13.7. The normalized spacial score (nSPS) is 12.5. The monoisotopic (exact) mass is 362 g/mol. The Morgan fingerprint density at radius 1 is 1.11 bits per heavy atom. The number of likely N-dealkylation sites (N-methyl/N-ethyl adjacent to an activating group) is 1. The number of amides is 1. The highest BCUT2D eigenvalue weighted by Crippen LogP contribution is 2.24. The number of rotatable bonds is 6. The lowest BCUT2D eigenvalue weighted by atomic mass is 10.0. The number of fused-ring (bicyclic) bond motifs is 1. The van der Waals surface area contributed by atoms with Crippen LogP contribution in [0.4, 0.5) is 0 Å². The second kappa shape index (κ2) is 8.27. The van der Waals surface area contributed by atoms with Crippen LogP contribution in [0.15, 0.2) is 54.9 Å². The van der Waals surface area contributed by atoms with Gasteiger partial charge < -0.3 is 10.2 Å². The molecule has 0 unspecified atom stereocenters. The molecule has 140 valence electrons. The van der Waals surface area contributed by atoms with Gasteiger partial charge in [-0.05, 0) is 44.3 Å². The minimum Gasteiger partial charge on any atom is -0.350 e. The SMILES string of the molecule is CC(C)[C@H](CNC(=O)c1cc(-c2ccncc2)nc2ccccc12)N(C)C. The van der Waals surface area contributed by atoms with E-state index in [0.29, 0.717) is 18.0 Å². The molecule has 0 bridgehead atoms. The van der Waals surface area contributed by atoms with Crippen molar-refractivity contribution < 1.29 is 4.79 Å². The van der Waals surface area contributed by atoms with Crippen LogP contribution in [0.5, 0.6) is 0 Å². The van der Waals surface area contributed by atoms with Gasteiger partial charge in [-0.2, -0.15) is 0 Å². The molecule has 5 nitrogen and oxygen atoms in total. The van der Waals surface area contributed by atoms with Crippen molar-refractivity contribution in [2.45, 2.75) is 19.9 Å². The lowest BCUT2D eigenvalue weighted by molar-refractivity contribution is 0.0936. The lowest BCUT2D eigenvalue weighted by Crippen LogP contribution is -2.43. The van der Waals surface area contributed by atoms with E-state index < -0.39 is 0 Å². The zero-order chi connectivity index (χ0) is 19.4. The van der Waals surface area contributed by atoms with Gasteiger partial charge in [0.2, 0.25) is 0 Å². The van der Waals surface area contributed by atoms with E-state index >= 15 is 0 Å². The molecular formula is C22H26N4O. The van der Waals surface area contributed by atoms with Crippen LogP contribution in [0.25, 0.3) is 22.2 Å². The van der Waals surface area contributed by atoms with Gasteiger partial charge in [0.05, 0.1) is 16.8 Å². The summed E-state index contributed by atoms with van der Waals surface area (Å²) in [7, 11) is 4.08. The maximum Gasteiger partial charge on any atom is 0.252 e. The summed E-state index contributed by atoms with van der Waals surface area (Å²) in [6.07, 6.45) is 3.46. The molecule has 2 aromatic heterocycles. The van der Waals surface area contributed by atoms with Crippen LogP contribution in [-0.2, 0) is 0 Å². The van der Waals surface area contributed by atoms with Gasteiger partial charge in [-0.1, -0.05) is 32.0 Å². The summed E-state index contributed by atoms with van der Waals surface area (Å²) in [4.78, 5) is 24.0. The maximum atomic E-state index is 13.0. The maximum absolute atomic E-state index is 13.0. The van der Waals surface area contributed by atoms with Gasteiger partial charge >= 0.3 is 0 Å². The van der Waals surface area contributed by atoms with E-state index in [-0.39, 0.29) is 11.9 Å². The highest BCUT2D eigenvalue weighted by molar-refractivity contribution is 6.07. The smallest absolute Gasteiger partial charge is 0.252 e. The second-order valence-corrected chi connectivity index (χ2v) is 7.29. The van der Waals surface area contributed by atoms with E-state index in [1.807, 2.05) is 56.6 Å².